The van der Waals surface area contributed by atoms with Crippen LogP contribution in [0.4, 0.5) is 0 Å². The van der Waals surface area contributed by atoms with Crippen molar-refractivity contribution in [1.29, 1.82) is 0 Å². The van der Waals surface area contributed by atoms with E-state index < -0.39 is 0 Å². The van der Waals surface area contributed by atoms with Crippen LogP contribution in [0.1, 0.15) is 23.3 Å². The zero-order chi connectivity index (χ0) is 21.1. The number of furan rings is 1. The van der Waals surface area contributed by atoms with Gasteiger partial charge in [-0.05, 0) is 32.0 Å². The van der Waals surface area contributed by atoms with Crippen molar-refractivity contribution in [2.24, 2.45) is 0 Å². The molecule has 158 valence electrons. The van der Waals surface area contributed by atoms with Gasteiger partial charge < -0.3 is 14.5 Å². The van der Waals surface area contributed by atoms with Gasteiger partial charge in [0.05, 0.1) is 30.3 Å². The number of nitrogens with zero attached hydrogens (tertiary/aromatic N) is 3. The van der Waals surface area contributed by atoms with Crippen LogP contribution in [0.2, 0.25) is 0 Å². The molecule has 1 aliphatic heterocycles. The molecule has 30 heavy (non-hydrogen) atoms. The number of benzene rings is 1. The van der Waals surface area contributed by atoms with Gasteiger partial charge in [0.25, 0.3) is 5.56 Å². The normalized spacial score (nSPS) is 15.9. The van der Waals surface area contributed by atoms with E-state index >= 15 is 0 Å². The van der Waals surface area contributed by atoms with Crippen LogP contribution in [0, 0.1) is 13.8 Å². The van der Waals surface area contributed by atoms with E-state index in [1.807, 2.05) is 44.2 Å². The molecule has 0 unspecified atom stereocenters. The highest BCUT2D eigenvalue weighted by Crippen LogP contribution is 2.23. The molecular formula is C22H26N4O4. The summed E-state index contributed by atoms with van der Waals surface area (Å²) in [5, 5.41) is 8.64. The molecule has 1 atom stereocenters. The second kappa shape index (κ2) is 8.81. The highest BCUT2D eigenvalue weighted by molar-refractivity contribution is 5.83. The van der Waals surface area contributed by atoms with Crippen molar-refractivity contribution in [3.05, 3.63) is 64.0 Å². The van der Waals surface area contributed by atoms with Gasteiger partial charge in [-0.2, -0.15) is 5.10 Å². The summed E-state index contributed by atoms with van der Waals surface area (Å²) < 4.78 is 12.5. The smallest absolute Gasteiger partial charge is 0.275 e. The highest BCUT2D eigenvalue weighted by atomic mass is 16.5. The Hall–Kier alpha value is -2.97. The van der Waals surface area contributed by atoms with E-state index in [0.29, 0.717) is 25.1 Å². The van der Waals surface area contributed by atoms with E-state index in [4.69, 9.17) is 9.15 Å². The first-order chi connectivity index (χ1) is 14.5. The lowest BCUT2D eigenvalue weighted by Crippen LogP contribution is -2.44. The van der Waals surface area contributed by atoms with Crippen molar-refractivity contribution in [2.45, 2.75) is 26.4 Å². The largest absolute Gasteiger partial charge is 0.465 e. The lowest BCUT2D eigenvalue weighted by molar-refractivity contribution is -0.122. The van der Waals surface area contributed by atoms with Crippen molar-refractivity contribution < 1.29 is 13.9 Å². The third-order valence-corrected chi connectivity index (χ3v) is 5.41. The Morgan fingerprint density at radius 1 is 1.13 bits per heavy atom. The summed E-state index contributed by atoms with van der Waals surface area (Å²) in [5.41, 5.74) is 0.452. The van der Waals surface area contributed by atoms with Gasteiger partial charge in [-0.25, -0.2) is 4.68 Å². The number of carbonyl (C=O) groups excluding carboxylic acids is 1. The molecule has 3 heterocycles. The monoisotopic (exact) mass is 410 g/mol. The van der Waals surface area contributed by atoms with Crippen LogP contribution in [0.25, 0.3) is 10.8 Å². The van der Waals surface area contributed by atoms with Gasteiger partial charge in [0.15, 0.2) is 0 Å². The maximum Gasteiger partial charge on any atom is 0.275 e. The van der Waals surface area contributed by atoms with Crippen molar-refractivity contribution in [3.8, 4) is 0 Å². The van der Waals surface area contributed by atoms with Crippen LogP contribution in [0.5, 0.6) is 0 Å². The molecule has 8 nitrogen and oxygen atoms in total. The lowest BCUT2D eigenvalue weighted by Gasteiger charge is -2.33. The van der Waals surface area contributed by atoms with Crippen molar-refractivity contribution in [2.75, 3.05) is 32.8 Å². The minimum Gasteiger partial charge on any atom is -0.465 e. The molecule has 0 radical (unpaired) electrons. The average Bonchev–Trinajstić information content (AvgIpc) is 3.19. The van der Waals surface area contributed by atoms with Crippen LogP contribution in [-0.4, -0.2) is 53.4 Å². The summed E-state index contributed by atoms with van der Waals surface area (Å²) in [6, 6.07) is 11.1. The molecular weight excluding hydrogens is 384 g/mol. The van der Waals surface area contributed by atoms with E-state index in [0.717, 1.165) is 35.7 Å². The molecule has 8 heteroatoms. The van der Waals surface area contributed by atoms with E-state index in [1.165, 1.54) is 4.68 Å². The summed E-state index contributed by atoms with van der Waals surface area (Å²) in [6.07, 6.45) is 0. The second-order valence-electron chi connectivity index (χ2n) is 7.51. The predicted octanol–water partition coefficient (Wildman–Crippen LogP) is 1.80. The van der Waals surface area contributed by atoms with Crippen LogP contribution in [-0.2, 0) is 16.1 Å². The molecule has 0 aliphatic carbocycles. The molecule has 0 spiro atoms. The lowest BCUT2D eigenvalue weighted by atomic mass is 10.1. The standard InChI is InChI=1S/C22H26N4O4/c1-15-7-8-20(30-15)19(25-9-11-29-12-10-25)13-23-21(27)14-26-22(28)18-6-4-3-5-17(18)16(2)24-26/h3-8,19H,9-14H2,1-2H3,(H,23,27)/t19-/m1/s1. The summed E-state index contributed by atoms with van der Waals surface area (Å²) in [5.74, 6) is 1.38. The summed E-state index contributed by atoms with van der Waals surface area (Å²) in [4.78, 5) is 27.6. The number of carbonyl (C=O) groups is 1. The summed E-state index contributed by atoms with van der Waals surface area (Å²) >= 11 is 0. The SMILES string of the molecule is Cc1ccc([C@@H](CNC(=O)Cn2nc(C)c3ccccc3c2=O)N2CCOCC2)o1. The number of morpholine rings is 1. The van der Waals surface area contributed by atoms with Crippen molar-refractivity contribution in [3.63, 3.8) is 0 Å². The molecule has 1 amide bonds. The number of hydrogen-bond acceptors (Lipinski definition) is 6. The fourth-order valence-electron chi connectivity index (χ4n) is 3.85. The average molecular weight is 410 g/mol. The Bertz CT molecular complexity index is 1100. The van der Waals surface area contributed by atoms with Gasteiger partial charge in [0.1, 0.15) is 18.1 Å². The van der Waals surface area contributed by atoms with Gasteiger partial charge >= 0.3 is 0 Å². The number of fused-ring (bicyclic) bond motifs is 1. The third kappa shape index (κ3) is 4.29. The van der Waals surface area contributed by atoms with Gasteiger partial charge in [0.2, 0.25) is 5.91 Å². The molecule has 1 fully saturated rings. The molecule has 1 aromatic carbocycles. The molecule has 1 saturated heterocycles. The van der Waals surface area contributed by atoms with Gasteiger partial charge in [-0.3, -0.25) is 14.5 Å². The van der Waals surface area contributed by atoms with Gasteiger partial charge in [-0.1, -0.05) is 18.2 Å². The quantitative estimate of drug-likeness (QED) is 0.667. The summed E-state index contributed by atoms with van der Waals surface area (Å²) in [6.45, 7) is 6.84. The summed E-state index contributed by atoms with van der Waals surface area (Å²) in [7, 11) is 0. The molecule has 0 saturated carbocycles. The van der Waals surface area contributed by atoms with Gasteiger partial charge in [0, 0.05) is 25.0 Å². The Kier molecular flexibility index (Phi) is 5.96. The van der Waals surface area contributed by atoms with Crippen LogP contribution < -0.4 is 10.9 Å². The van der Waals surface area contributed by atoms with Crippen LogP contribution in [0.3, 0.4) is 0 Å². The first kappa shape index (κ1) is 20.3. The number of hydrogen-bond donors (Lipinski definition) is 1. The number of rotatable bonds is 6. The number of aromatic nitrogens is 2. The predicted molar refractivity (Wildman–Crippen MR) is 112 cm³/mol. The first-order valence-corrected chi connectivity index (χ1v) is 10.1. The Labute approximate surface area is 174 Å². The first-order valence-electron chi connectivity index (χ1n) is 10.1. The van der Waals surface area contributed by atoms with Gasteiger partial charge in [-0.15, -0.1) is 0 Å². The van der Waals surface area contributed by atoms with Crippen LogP contribution >= 0.6 is 0 Å². The van der Waals surface area contributed by atoms with Crippen molar-refractivity contribution in [1.82, 2.24) is 20.0 Å². The van der Waals surface area contributed by atoms with E-state index in [2.05, 4.69) is 15.3 Å². The molecule has 1 N–H and O–H groups in total. The Morgan fingerprint density at radius 2 is 1.87 bits per heavy atom. The fourth-order valence-corrected chi connectivity index (χ4v) is 3.85. The maximum absolute atomic E-state index is 12.7. The van der Waals surface area contributed by atoms with E-state index in [-0.39, 0.29) is 24.1 Å². The van der Waals surface area contributed by atoms with Crippen LogP contribution in [0.15, 0.2) is 45.6 Å². The number of amides is 1. The maximum atomic E-state index is 12.7. The minimum absolute atomic E-state index is 0.0884. The number of aryl methyl sites for hydroxylation is 2. The van der Waals surface area contributed by atoms with E-state index in [1.54, 1.807) is 6.07 Å². The Morgan fingerprint density at radius 3 is 2.57 bits per heavy atom. The minimum atomic E-state index is -0.266. The molecule has 2 aromatic heterocycles. The molecule has 4 rings (SSSR count). The zero-order valence-electron chi connectivity index (χ0n) is 17.3. The number of nitrogens with one attached hydrogen (secondary N) is 1. The van der Waals surface area contributed by atoms with Crippen molar-refractivity contribution >= 4 is 16.7 Å². The molecule has 3 aromatic rings. The van der Waals surface area contributed by atoms with E-state index in [9.17, 15) is 9.59 Å². The number of ether oxygens (including phenoxy) is 1. The molecule has 1 aliphatic rings. The highest BCUT2D eigenvalue weighted by Gasteiger charge is 2.26. The second-order valence-corrected chi connectivity index (χ2v) is 7.51. The fraction of sp³-hybridized carbons (Fsp3) is 0.409. The zero-order valence-corrected chi connectivity index (χ0v) is 17.3. The third-order valence-electron chi connectivity index (χ3n) is 5.41. The topological polar surface area (TPSA) is 89.6 Å². The molecule has 0 bridgehead atoms. The Balaban J connectivity index is 1.48.